The molecule has 4 rings (SSSR count). The van der Waals surface area contributed by atoms with Gasteiger partial charge in [-0.05, 0) is 71.3 Å². The zero-order valence-electron chi connectivity index (χ0n) is 19.2. The zero-order chi connectivity index (χ0) is 24.2. The van der Waals surface area contributed by atoms with Crippen molar-refractivity contribution in [2.75, 3.05) is 7.11 Å². The summed E-state index contributed by atoms with van der Waals surface area (Å²) in [6.07, 6.45) is 1.66. The van der Waals surface area contributed by atoms with Crippen LogP contribution in [0.2, 0.25) is 0 Å². The summed E-state index contributed by atoms with van der Waals surface area (Å²) in [6, 6.07) is 19.2. The van der Waals surface area contributed by atoms with Crippen LogP contribution >= 0.6 is 22.6 Å². The van der Waals surface area contributed by atoms with E-state index >= 15 is 0 Å². The van der Waals surface area contributed by atoms with Crippen molar-refractivity contribution in [3.05, 3.63) is 97.7 Å². The molecule has 6 nitrogen and oxygen atoms in total. The van der Waals surface area contributed by atoms with E-state index in [4.69, 9.17) is 9.47 Å². The smallest absolute Gasteiger partial charge is 0.329 e. The number of benzene rings is 3. The van der Waals surface area contributed by atoms with Gasteiger partial charge in [0.25, 0.3) is 5.91 Å². The Morgan fingerprint density at radius 1 is 0.971 bits per heavy atom. The van der Waals surface area contributed by atoms with Crippen LogP contribution in [0.25, 0.3) is 6.08 Å². The number of nitrogens with zero attached hydrogens (tertiary/aromatic N) is 1. The van der Waals surface area contributed by atoms with Crippen LogP contribution in [-0.4, -0.2) is 23.9 Å². The van der Waals surface area contributed by atoms with Crippen LogP contribution in [0.3, 0.4) is 0 Å². The van der Waals surface area contributed by atoms with E-state index in [1.165, 1.54) is 10.5 Å². The van der Waals surface area contributed by atoms with Crippen molar-refractivity contribution in [2.24, 2.45) is 0 Å². The van der Waals surface area contributed by atoms with E-state index in [2.05, 4.69) is 27.9 Å². The van der Waals surface area contributed by atoms with Crippen LogP contribution in [0.5, 0.6) is 11.5 Å². The fourth-order valence-corrected chi connectivity index (χ4v) is 4.46. The van der Waals surface area contributed by atoms with Gasteiger partial charge >= 0.3 is 6.03 Å². The largest absolute Gasteiger partial charge is 0.493 e. The molecule has 1 aliphatic heterocycles. The number of carbonyl (C=O) groups excluding carboxylic acids is 2. The number of urea groups is 1. The number of hydrogen-bond donors (Lipinski definition) is 1. The number of methoxy groups -OCH3 is 1. The predicted octanol–water partition coefficient (Wildman–Crippen LogP) is 5.59. The maximum absolute atomic E-state index is 12.9. The third-order valence-corrected chi connectivity index (χ3v) is 6.25. The molecule has 1 fully saturated rings. The Kier molecular flexibility index (Phi) is 7.21. The van der Waals surface area contributed by atoms with E-state index in [0.29, 0.717) is 18.1 Å². The van der Waals surface area contributed by atoms with Gasteiger partial charge in [0.05, 0.1) is 17.2 Å². The Hall–Kier alpha value is -3.33. The van der Waals surface area contributed by atoms with Gasteiger partial charge in [-0.2, -0.15) is 0 Å². The lowest BCUT2D eigenvalue weighted by molar-refractivity contribution is -0.123. The van der Waals surface area contributed by atoms with Crippen LogP contribution < -0.4 is 14.8 Å². The molecule has 1 heterocycles. The van der Waals surface area contributed by atoms with Crippen LogP contribution in [-0.2, 0) is 17.9 Å². The molecule has 174 valence electrons. The van der Waals surface area contributed by atoms with Gasteiger partial charge in [-0.25, -0.2) is 4.79 Å². The standard InChI is InChI=1S/C27H25IN2O4/c1-17-7-9-19(10-8-17)16-34-25-22(28)12-21(14-24(25)33-3)13-23-26(31)30(27(32)29-23)15-20-6-4-5-18(2)11-20/h4-14H,15-16H2,1-3H3,(H,29,32)/b23-13+. The van der Waals surface area contributed by atoms with Crippen molar-refractivity contribution < 1.29 is 19.1 Å². The van der Waals surface area contributed by atoms with Crippen molar-refractivity contribution in [3.8, 4) is 11.5 Å². The highest BCUT2D eigenvalue weighted by molar-refractivity contribution is 14.1. The molecule has 1 N–H and O–H groups in total. The molecule has 0 spiro atoms. The summed E-state index contributed by atoms with van der Waals surface area (Å²) in [5.74, 6) is 0.827. The summed E-state index contributed by atoms with van der Waals surface area (Å²) in [6.45, 7) is 4.65. The molecule has 3 aromatic rings. The SMILES string of the molecule is COc1cc(/C=C2/NC(=O)N(Cc3cccc(C)c3)C2=O)cc(I)c1OCc1ccc(C)cc1. The molecular weight excluding hydrogens is 543 g/mol. The van der Waals surface area contributed by atoms with Crippen LogP contribution in [0.1, 0.15) is 27.8 Å². The van der Waals surface area contributed by atoms with Gasteiger partial charge in [0.1, 0.15) is 12.3 Å². The molecular formula is C27H25IN2O4. The second kappa shape index (κ2) is 10.3. The van der Waals surface area contributed by atoms with E-state index in [9.17, 15) is 9.59 Å². The first kappa shape index (κ1) is 23.8. The minimum absolute atomic E-state index is 0.219. The molecule has 1 aliphatic rings. The fourth-order valence-electron chi connectivity index (χ4n) is 3.68. The van der Waals surface area contributed by atoms with Crippen molar-refractivity contribution in [2.45, 2.75) is 27.0 Å². The van der Waals surface area contributed by atoms with Crippen molar-refractivity contribution >= 4 is 40.6 Å². The summed E-state index contributed by atoms with van der Waals surface area (Å²) >= 11 is 2.18. The van der Waals surface area contributed by atoms with Crippen LogP contribution in [0.4, 0.5) is 4.79 Å². The lowest BCUT2D eigenvalue weighted by Crippen LogP contribution is -2.30. The summed E-state index contributed by atoms with van der Waals surface area (Å²) in [5, 5.41) is 2.68. The van der Waals surface area contributed by atoms with Crippen molar-refractivity contribution in [1.82, 2.24) is 10.2 Å². The van der Waals surface area contributed by atoms with Gasteiger partial charge in [-0.15, -0.1) is 0 Å². The Morgan fingerprint density at radius 2 is 1.74 bits per heavy atom. The fraction of sp³-hybridized carbons (Fsp3) is 0.185. The third kappa shape index (κ3) is 5.41. The highest BCUT2D eigenvalue weighted by Gasteiger charge is 2.33. The molecule has 0 radical (unpaired) electrons. The summed E-state index contributed by atoms with van der Waals surface area (Å²) in [5.41, 5.74) is 5.18. The molecule has 0 aromatic heterocycles. The average molecular weight is 568 g/mol. The molecule has 0 saturated carbocycles. The Morgan fingerprint density at radius 3 is 2.44 bits per heavy atom. The second-order valence-electron chi connectivity index (χ2n) is 8.18. The molecule has 0 aliphatic carbocycles. The normalized spacial score (nSPS) is 14.5. The number of hydrogen-bond acceptors (Lipinski definition) is 4. The molecule has 0 unspecified atom stereocenters. The highest BCUT2D eigenvalue weighted by Crippen LogP contribution is 2.35. The van der Waals surface area contributed by atoms with Gasteiger partial charge < -0.3 is 14.8 Å². The lowest BCUT2D eigenvalue weighted by atomic mass is 10.1. The van der Waals surface area contributed by atoms with Crippen LogP contribution in [0, 0.1) is 17.4 Å². The molecule has 0 atom stereocenters. The van der Waals surface area contributed by atoms with Gasteiger partial charge in [0, 0.05) is 0 Å². The first-order valence-corrected chi connectivity index (χ1v) is 11.9. The summed E-state index contributed by atoms with van der Waals surface area (Å²) in [4.78, 5) is 26.6. The Balaban J connectivity index is 1.53. The van der Waals surface area contributed by atoms with Gasteiger partial charge in [-0.3, -0.25) is 9.69 Å². The molecule has 3 amide bonds. The predicted molar refractivity (Wildman–Crippen MR) is 139 cm³/mol. The van der Waals surface area contributed by atoms with Crippen LogP contribution in [0.15, 0.2) is 66.4 Å². The Labute approximate surface area is 212 Å². The number of halogens is 1. The second-order valence-corrected chi connectivity index (χ2v) is 9.34. The van der Waals surface area contributed by atoms with Crippen molar-refractivity contribution in [1.29, 1.82) is 0 Å². The maximum atomic E-state index is 12.9. The van der Waals surface area contributed by atoms with Gasteiger partial charge in [-0.1, -0.05) is 59.7 Å². The lowest BCUT2D eigenvalue weighted by Gasteiger charge is -2.14. The minimum Gasteiger partial charge on any atom is -0.493 e. The van der Waals surface area contributed by atoms with E-state index < -0.39 is 6.03 Å². The zero-order valence-corrected chi connectivity index (χ0v) is 21.4. The number of rotatable bonds is 7. The molecule has 3 aromatic carbocycles. The third-order valence-electron chi connectivity index (χ3n) is 5.45. The minimum atomic E-state index is -0.433. The van der Waals surface area contributed by atoms with Gasteiger partial charge in [0.2, 0.25) is 0 Å². The van der Waals surface area contributed by atoms with E-state index in [0.717, 1.165) is 25.8 Å². The number of imide groups is 1. The number of carbonyl (C=O) groups is 2. The van der Waals surface area contributed by atoms with Crippen molar-refractivity contribution in [3.63, 3.8) is 0 Å². The highest BCUT2D eigenvalue weighted by atomic mass is 127. The van der Waals surface area contributed by atoms with Gasteiger partial charge in [0.15, 0.2) is 11.5 Å². The first-order chi connectivity index (χ1) is 16.3. The molecule has 34 heavy (non-hydrogen) atoms. The van der Waals surface area contributed by atoms with E-state index in [1.54, 1.807) is 19.3 Å². The number of amides is 3. The number of aryl methyl sites for hydroxylation is 2. The Bertz CT molecular complexity index is 1270. The number of ether oxygens (including phenoxy) is 2. The van der Waals surface area contributed by atoms with E-state index in [-0.39, 0.29) is 18.1 Å². The average Bonchev–Trinajstić information content (AvgIpc) is 3.06. The number of nitrogens with one attached hydrogen (secondary N) is 1. The molecule has 7 heteroatoms. The summed E-state index contributed by atoms with van der Waals surface area (Å²) in [7, 11) is 1.58. The molecule has 1 saturated heterocycles. The summed E-state index contributed by atoms with van der Waals surface area (Å²) < 4.78 is 12.4. The van der Waals surface area contributed by atoms with E-state index in [1.807, 2.05) is 68.4 Å². The quantitative estimate of drug-likeness (QED) is 0.229. The maximum Gasteiger partial charge on any atom is 0.329 e. The first-order valence-electron chi connectivity index (χ1n) is 10.8. The monoisotopic (exact) mass is 568 g/mol. The molecule has 0 bridgehead atoms. The topological polar surface area (TPSA) is 67.9 Å².